The van der Waals surface area contributed by atoms with Gasteiger partial charge in [0.25, 0.3) is 0 Å². The number of hydrogen-bond donors (Lipinski definition) is 2. The van der Waals surface area contributed by atoms with E-state index in [0.717, 1.165) is 25.9 Å². The number of rotatable bonds is 2. The van der Waals surface area contributed by atoms with Gasteiger partial charge >= 0.3 is 0 Å². The second kappa shape index (κ2) is 4.80. The van der Waals surface area contributed by atoms with E-state index in [1.165, 1.54) is 0 Å². The molecule has 0 aliphatic carbocycles. The minimum absolute atomic E-state index is 0.105. The number of aliphatic hydroxyl groups excluding tert-OH is 1. The highest BCUT2D eigenvalue weighted by Crippen LogP contribution is 2.21. The molecular weight excluding hydrogens is 230 g/mol. The fraction of sp³-hybridized carbons (Fsp3) is 0.667. The van der Waals surface area contributed by atoms with Crippen LogP contribution in [-0.4, -0.2) is 39.8 Å². The van der Waals surface area contributed by atoms with E-state index in [1.807, 2.05) is 4.90 Å². The number of halogens is 1. The number of aliphatic hydroxyl groups is 1. The third kappa shape index (κ3) is 2.51. The summed E-state index contributed by atoms with van der Waals surface area (Å²) in [5.74, 6) is 0.891. The first-order valence-corrected chi connectivity index (χ1v) is 5.59. The summed E-state index contributed by atoms with van der Waals surface area (Å²) in [5.41, 5.74) is 5.51. The fourth-order valence-corrected chi connectivity index (χ4v) is 2.05. The van der Waals surface area contributed by atoms with Gasteiger partial charge in [0.15, 0.2) is 0 Å². The van der Waals surface area contributed by atoms with Crippen LogP contribution < -0.4 is 10.6 Å². The standard InChI is InChI=1S/C9H14ClN5O/c10-7-12-8(11)14-9(13-7)15-3-1-2-6(4-15)5-16/h6,16H,1-5H2,(H2,11,12,13,14). The van der Waals surface area contributed by atoms with E-state index in [0.29, 0.717) is 5.95 Å². The Labute approximate surface area is 98.5 Å². The second-order valence-electron chi connectivity index (χ2n) is 3.90. The van der Waals surface area contributed by atoms with Crippen LogP contribution in [-0.2, 0) is 0 Å². The molecule has 3 N–H and O–H groups in total. The number of hydrogen-bond acceptors (Lipinski definition) is 6. The third-order valence-electron chi connectivity index (χ3n) is 2.67. The molecule has 0 bridgehead atoms. The van der Waals surface area contributed by atoms with Crippen LogP contribution in [0.2, 0.25) is 5.28 Å². The van der Waals surface area contributed by atoms with Crippen molar-refractivity contribution < 1.29 is 5.11 Å². The van der Waals surface area contributed by atoms with Crippen molar-refractivity contribution in [1.82, 2.24) is 15.0 Å². The Hall–Kier alpha value is -1.14. The maximum atomic E-state index is 9.13. The van der Waals surface area contributed by atoms with Gasteiger partial charge in [0.1, 0.15) is 0 Å². The largest absolute Gasteiger partial charge is 0.396 e. The van der Waals surface area contributed by atoms with Crippen LogP contribution in [0.15, 0.2) is 0 Å². The summed E-state index contributed by atoms with van der Waals surface area (Å²) >= 11 is 5.72. The van der Waals surface area contributed by atoms with Crippen LogP contribution in [0.1, 0.15) is 12.8 Å². The number of aromatic nitrogens is 3. The molecule has 0 radical (unpaired) electrons. The maximum Gasteiger partial charge on any atom is 0.231 e. The average molecular weight is 244 g/mol. The quantitative estimate of drug-likeness (QED) is 0.778. The van der Waals surface area contributed by atoms with E-state index in [1.54, 1.807) is 0 Å². The van der Waals surface area contributed by atoms with Crippen molar-refractivity contribution in [3.8, 4) is 0 Å². The van der Waals surface area contributed by atoms with Gasteiger partial charge in [0.05, 0.1) is 0 Å². The van der Waals surface area contributed by atoms with Gasteiger partial charge in [-0.25, -0.2) is 0 Å². The summed E-state index contributed by atoms with van der Waals surface area (Å²) in [5, 5.41) is 9.24. The van der Waals surface area contributed by atoms with Crippen molar-refractivity contribution in [3.05, 3.63) is 5.28 Å². The first kappa shape index (κ1) is 11.3. The second-order valence-corrected chi connectivity index (χ2v) is 4.24. The molecule has 1 aromatic heterocycles. The summed E-state index contributed by atoms with van der Waals surface area (Å²) in [6.45, 7) is 1.78. The van der Waals surface area contributed by atoms with E-state index in [2.05, 4.69) is 15.0 Å². The van der Waals surface area contributed by atoms with Gasteiger partial charge in [0, 0.05) is 19.7 Å². The maximum absolute atomic E-state index is 9.13. The molecule has 7 heteroatoms. The van der Waals surface area contributed by atoms with E-state index >= 15 is 0 Å². The van der Waals surface area contributed by atoms with Gasteiger partial charge in [-0.3, -0.25) is 0 Å². The lowest BCUT2D eigenvalue weighted by Gasteiger charge is -2.31. The highest BCUT2D eigenvalue weighted by atomic mass is 35.5. The molecule has 1 aliphatic heterocycles. The monoisotopic (exact) mass is 243 g/mol. The molecule has 1 saturated heterocycles. The van der Waals surface area contributed by atoms with Crippen LogP contribution in [0.4, 0.5) is 11.9 Å². The molecule has 1 atom stereocenters. The minimum atomic E-state index is 0.105. The van der Waals surface area contributed by atoms with Crippen molar-refractivity contribution in [2.24, 2.45) is 5.92 Å². The number of anilines is 2. The zero-order valence-corrected chi connectivity index (χ0v) is 9.56. The summed E-state index contributed by atoms with van der Waals surface area (Å²) in [6, 6.07) is 0. The van der Waals surface area contributed by atoms with Crippen molar-refractivity contribution in [1.29, 1.82) is 0 Å². The Kier molecular flexibility index (Phi) is 3.40. The SMILES string of the molecule is Nc1nc(Cl)nc(N2CCCC(CO)C2)n1. The summed E-state index contributed by atoms with van der Waals surface area (Å²) in [6.07, 6.45) is 2.04. The Morgan fingerprint density at radius 1 is 1.44 bits per heavy atom. The summed E-state index contributed by atoms with van der Waals surface area (Å²) in [4.78, 5) is 13.8. The van der Waals surface area contributed by atoms with E-state index in [-0.39, 0.29) is 23.8 Å². The predicted octanol–water partition coefficient (Wildman–Crippen LogP) is 0.316. The predicted molar refractivity (Wildman–Crippen MR) is 61.3 cm³/mol. The zero-order chi connectivity index (χ0) is 11.5. The van der Waals surface area contributed by atoms with Gasteiger partial charge in [-0.1, -0.05) is 0 Å². The summed E-state index contributed by atoms with van der Waals surface area (Å²) in [7, 11) is 0. The van der Waals surface area contributed by atoms with Crippen molar-refractivity contribution in [2.45, 2.75) is 12.8 Å². The Bertz CT molecular complexity index is 355. The number of nitrogens with two attached hydrogens (primary N) is 1. The molecule has 0 aromatic carbocycles. The molecule has 1 aliphatic rings. The van der Waals surface area contributed by atoms with E-state index in [9.17, 15) is 0 Å². The topological polar surface area (TPSA) is 88.2 Å². The van der Waals surface area contributed by atoms with Crippen LogP contribution in [0.3, 0.4) is 0 Å². The molecule has 6 nitrogen and oxygen atoms in total. The van der Waals surface area contributed by atoms with Gasteiger partial charge in [-0.2, -0.15) is 15.0 Å². The summed E-state index contributed by atoms with van der Waals surface area (Å²) < 4.78 is 0. The van der Waals surface area contributed by atoms with Crippen LogP contribution in [0.25, 0.3) is 0 Å². The molecule has 16 heavy (non-hydrogen) atoms. The lowest BCUT2D eigenvalue weighted by molar-refractivity contribution is 0.208. The Balaban J connectivity index is 2.16. The Morgan fingerprint density at radius 3 is 2.94 bits per heavy atom. The number of piperidine rings is 1. The molecule has 2 heterocycles. The number of nitrogens with zero attached hydrogens (tertiary/aromatic N) is 4. The molecule has 0 amide bonds. The molecule has 0 saturated carbocycles. The highest BCUT2D eigenvalue weighted by Gasteiger charge is 2.21. The normalized spacial score (nSPS) is 21.1. The van der Waals surface area contributed by atoms with Gasteiger partial charge in [-0.05, 0) is 30.4 Å². The third-order valence-corrected chi connectivity index (χ3v) is 2.84. The van der Waals surface area contributed by atoms with Crippen molar-refractivity contribution in [2.75, 3.05) is 30.3 Å². The average Bonchev–Trinajstić information content (AvgIpc) is 2.28. The van der Waals surface area contributed by atoms with Gasteiger partial charge in [0.2, 0.25) is 17.2 Å². The fourth-order valence-electron chi connectivity index (χ4n) is 1.89. The first-order chi connectivity index (χ1) is 7.69. The Morgan fingerprint density at radius 2 is 2.25 bits per heavy atom. The van der Waals surface area contributed by atoms with Crippen molar-refractivity contribution >= 4 is 23.5 Å². The van der Waals surface area contributed by atoms with E-state index in [4.69, 9.17) is 22.4 Å². The zero-order valence-electron chi connectivity index (χ0n) is 8.80. The van der Waals surface area contributed by atoms with E-state index < -0.39 is 0 Å². The molecule has 88 valence electrons. The molecule has 1 unspecified atom stereocenters. The minimum Gasteiger partial charge on any atom is -0.396 e. The molecule has 0 spiro atoms. The lowest BCUT2D eigenvalue weighted by atomic mass is 9.99. The van der Waals surface area contributed by atoms with Gasteiger partial charge < -0.3 is 15.7 Å². The molecule has 1 fully saturated rings. The first-order valence-electron chi connectivity index (χ1n) is 5.22. The molecule has 1 aromatic rings. The van der Waals surface area contributed by atoms with Crippen LogP contribution in [0.5, 0.6) is 0 Å². The highest BCUT2D eigenvalue weighted by molar-refractivity contribution is 6.28. The van der Waals surface area contributed by atoms with Gasteiger partial charge in [-0.15, -0.1) is 0 Å². The van der Waals surface area contributed by atoms with Crippen LogP contribution >= 0.6 is 11.6 Å². The van der Waals surface area contributed by atoms with Crippen LogP contribution in [0, 0.1) is 5.92 Å². The van der Waals surface area contributed by atoms with Crippen molar-refractivity contribution in [3.63, 3.8) is 0 Å². The smallest absolute Gasteiger partial charge is 0.231 e. The molecular formula is C9H14ClN5O. The number of nitrogen functional groups attached to an aromatic ring is 1. The lowest BCUT2D eigenvalue weighted by Crippen LogP contribution is -2.38. The molecule has 2 rings (SSSR count).